The molecule has 21 heavy (non-hydrogen) atoms. The first-order chi connectivity index (χ1) is 9.75. The third-order valence-corrected chi connectivity index (χ3v) is 4.60. The Balaban J connectivity index is 2.74. The van der Waals surface area contributed by atoms with Gasteiger partial charge in [-0.2, -0.15) is 0 Å². The molecule has 1 fully saturated rings. The predicted molar refractivity (Wildman–Crippen MR) is 82.4 cm³/mol. The number of rotatable bonds is 5. The van der Waals surface area contributed by atoms with Gasteiger partial charge in [-0.25, -0.2) is 9.59 Å². The van der Waals surface area contributed by atoms with Gasteiger partial charge in [-0.15, -0.1) is 0 Å². The van der Waals surface area contributed by atoms with Crippen molar-refractivity contribution in [1.82, 2.24) is 14.7 Å². The number of carboxylic acid groups (broad SMARTS) is 1. The summed E-state index contributed by atoms with van der Waals surface area (Å²) in [5.41, 5.74) is -1.19. The summed E-state index contributed by atoms with van der Waals surface area (Å²) < 4.78 is 0. The Kier molecular flexibility index (Phi) is 6.01. The zero-order valence-corrected chi connectivity index (χ0v) is 13.9. The second-order valence-electron chi connectivity index (χ2n) is 6.17. The molecule has 0 aromatic carbocycles. The summed E-state index contributed by atoms with van der Waals surface area (Å²) in [6, 6.07) is -0.00112. The molecule has 0 aliphatic carbocycles. The maximum Gasteiger partial charge on any atom is 0.329 e. The Morgan fingerprint density at radius 3 is 2.14 bits per heavy atom. The summed E-state index contributed by atoms with van der Waals surface area (Å²) >= 11 is 0. The summed E-state index contributed by atoms with van der Waals surface area (Å²) in [6.07, 6.45) is 1.89. The van der Waals surface area contributed by atoms with Crippen LogP contribution in [0.4, 0.5) is 4.79 Å². The highest BCUT2D eigenvalue weighted by atomic mass is 16.4. The first kappa shape index (κ1) is 17.8. The van der Waals surface area contributed by atoms with Crippen molar-refractivity contribution in [3.05, 3.63) is 0 Å². The largest absolute Gasteiger partial charge is 0.480 e. The van der Waals surface area contributed by atoms with Crippen LogP contribution in [0, 0.1) is 0 Å². The molecule has 122 valence electrons. The molecular formula is C15H29N3O3. The van der Waals surface area contributed by atoms with Crippen LogP contribution < -0.4 is 0 Å². The van der Waals surface area contributed by atoms with Gasteiger partial charge in [-0.3, -0.25) is 0 Å². The van der Waals surface area contributed by atoms with Crippen LogP contribution in [-0.2, 0) is 4.79 Å². The quantitative estimate of drug-likeness (QED) is 0.839. The first-order valence-electron chi connectivity index (χ1n) is 7.75. The minimum absolute atomic E-state index is 0.193. The molecule has 0 spiro atoms. The molecule has 0 aromatic rings. The van der Waals surface area contributed by atoms with E-state index in [0.717, 1.165) is 32.5 Å². The van der Waals surface area contributed by atoms with Gasteiger partial charge in [0, 0.05) is 32.7 Å². The zero-order chi connectivity index (χ0) is 16.2. The van der Waals surface area contributed by atoms with Crippen molar-refractivity contribution in [2.75, 3.05) is 33.2 Å². The molecule has 0 unspecified atom stereocenters. The Morgan fingerprint density at radius 1 is 1.24 bits per heavy atom. The SMILES string of the molecule is CCN1CCC(N(C)C(=O)N(CC)C(C)(C)C(=O)O)CC1. The van der Waals surface area contributed by atoms with Crippen LogP contribution in [0.1, 0.15) is 40.5 Å². The van der Waals surface area contributed by atoms with Crippen molar-refractivity contribution in [1.29, 1.82) is 0 Å². The van der Waals surface area contributed by atoms with Crippen LogP contribution in [0.15, 0.2) is 0 Å². The Labute approximate surface area is 127 Å². The van der Waals surface area contributed by atoms with E-state index in [1.54, 1.807) is 25.8 Å². The van der Waals surface area contributed by atoms with Crippen molar-refractivity contribution < 1.29 is 14.7 Å². The summed E-state index contributed by atoms with van der Waals surface area (Å²) in [7, 11) is 1.79. The van der Waals surface area contributed by atoms with Gasteiger partial charge in [0.2, 0.25) is 0 Å². The van der Waals surface area contributed by atoms with Crippen LogP contribution in [0.25, 0.3) is 0 Å². The average molecular weight is 299 g/mol. The number of carboxylic acids is 1. The van der Waals surface area contributed by atoms with Crippen LogP contribution in [0.3, 0.4) is 0 Å². The second kappa shape index (κ2) is 7.11. The van der Waals surface area contributed by atoms with Crippen molar-refractivity contribution in [3.8, 4) is 0 Å². The third-order valence-electron chi connectivity index (χ3n) is 4.60. The maximum atomic E-state index is 12.7. The fraction of sp³-hybridized carbons (Fsp3) is 0.867. The highest BCUT2D eigenvalue weighted by Gasteiger charge is 2.39. The van der Waals surface area contributed by atoms with Crippen LogP contribution in [-0.4, -0.2) is 76.6 Å². The lowest BCUT2D eigenvalue weighted by Crippen LogP contribution is -2.58. The number of nitrogens with zero attached hydrogens (tertiary/aromatic N) is 3. The Bertz CT molecular complexity index is 376. The van der Waals surface area contributed by atoms with Gasteiger partial charge < -0.3 is 19.8 Å². The number of urea groups is 1. The highest BCUT2D eigenvalue weighted by Crippen LogP contribution is 2.21. The molecule has 1 saturated heterocycles. The summed E-state index contributed by atoms with van der Waals surface area (Å²) in [6.45, 7) is 10.5. The van der Waals surface area contributed by atoms with Crippen LogP contribution in [0.2, 0.25) is 0 Å². The van der Waals surface area contributed by atoms with E-state index in [9.17, 15) is 14.7 Å². The number of hydrogen-bond acceptors (Lipinski definition) is 3. The van der Waals surface area contributed by atoms with Crippen molar-refractivity contribution >= 4 is 12.0 Å². The van der Waals surface area contributed by atoms with E-state index >= 15 is 0 Å². The molecule has 0 bridgehead atoms. The van der Waals surface area contributed by atoms with Gasteiger partial charge in [-0.05, 0) is 40.2 Å². The summed E-state index contributed by atoms with van der Waals surface area (Å²) in [4.78, 5) is 29.6. The molecule has 1 aliphatic rings. The van der Waals surface area contributed by atoms with Gasteiger partial charge in [-0.1, -0.05) is 6.92 Å². The van der Waals surface area contributed by atoms with E-state index in [4.69, 9.17) is 0 Å². The molecule has 6 heteroatoms. The Hall–Kier alpha value is -1.30. The molecule has 0 radical (unpaired) electrons. The van der Waals surface area contributed by atoms with Gasteiger partial charge >= 0.3 is 12.0 Å². The number of likely N-dealkylation sites (N-methyl/N-ethyl adjacent to an activating group) is 1. The Morgan fingerprint density at radius 2 is 1.76 bits per heavy atom. The molecule has 1 aliphatic heterocycles. The monoisotopic (exact) mass is 299 g/mol. The maximum absolute atomic E-state index is 12.7. The van der Waals surface area contributed by atoms with Crippen LogP contribution >= 0.6 is 0 Å². The minimum atomic E-state index is -1.19. The van der Waals surface area contributed by atoms with Gasteiger partial charge in [0.15, 0.2) is 0 Å². The van der Waals surface area contributed by atoms with E-state index < -0.39 is 11.5 Å². The number of carbonyl (C=O) groups is 2. The molecule has 1 N–H and O–H groups in total. The zero-order valence-electron chi connectivity index (χ0n) is 13.9. The predicted octanol–water partition coefficient (Wildman–Crippen LogP) is 1.71. The molecule has 2 amide bonds. The second-order valence-corrected chi connectivity index (χ2v) is 6.17. The van der Waals surface area contributed by atoms with Crippen molar-refractivity contribution in [2.24, 2.45) is 0 Å². The molecule has 6 nitrogen and oxygen atoms in total. The molecule has 1 rings (SSSR count). The molecule has 0 aromatic heterocycles. The van der Waals surface area contributed by atoms with Crippen molar-refractivity contribution in [3.63, 3.8) is 0 Å². The fourth-order valence-electron chi connectivity index (χ4n) is 2.85. The van der Waals surface area contributed by atoms with Crippen LogP contribution in [0.5, 0.6) is 0 Å². The minimum Gasteiger partial charge on any atom is -0.480 e. The number of likely N-dealkylation sites (tertiary alicyclic amines) is 1. The first-order valence-corrected chi connectivity index (χ1v) is 7.75. The number of carbonyl (C=O) groups excluding carboxylic acids is 1. The fourth-order valence-corrected chi connectivity index (χ4v) is 2.85. The van der Waals surface area contributed by atoms with Gasteiger partial charge in [0.25, 0.3) is 0 Å². The van der Waals surface area contributed by atoms with E-state index in [1.807, 2.05) is 6.92 Å². The lowest BCUT2D eigenvalue weighted by Gasteiger charge is -2.41. The van der Waals surface area contributed by atoms with Gasteiger partial charge in [0.05, 0.1) is 0 Å². The van der Waals surface area contributed by atoms with Gasteiger partial charge in [0.1, 0.15) is 5.54 Å². The van der Waals surface area contributed by atoms with E-state index in [-0.39, 0.29) is 12.1 Å². The average Bonchev–Trinajstić information content (AvgIpc) is 2.46. The normalized spacial score (nSPS) is 17.6. The molecule has 1 heterocycles. The number of amides is 2. The van der Waals surface area contributed by atoms with E-state index in [1.165, 1.54) is 4.90 Å². The number of piperidine rings is 1. The lowest BCUT2D eigenvalue weighted by molar-refractivity contribution is -0.147. The topological polar surface area (TPSA) is 64.1 Å². The smallest absolute Gasteiger partial charge is 0.329 e. The summed E-state index contributed by atoms with van der Waals surface area (Å²) in [5, 5.41) is 9.33. The molecule has 0 saturated carbocycles. The lowest BCUT2D eigenvalue weighted by atomic mass is 10.0. The highest BCUT2D eigenvalue weighted by molar-refractivity contribution is 5.85. The van der Waals surface area contributed by atoms with E-state index in [0.29, 0.717) is 6.54 Å². The van der Waals surface area contributed by atoms with Crippen molar-refractivity contribution in [2.45, 2.75) is 52.1 Å². The summed E-state index contributed by atoms with van der Waals surface area (Å²) in [5.74, 6) is -0.980. The van der Waals surface area contributed by atoms with E-state index in [2.05, 4.69) is 11.8 Å². The number of aliphatic carboxylic acids is 1. The standard InChI is InChI=1S/C15H29N3O3/c1-6-17-10-8-12(9-11-17)16(5)14(21)18(7-2)15(3,4)13(19)20/h12H,6-11H2,1-5H3,(H,19,20). The third kappa shape index (κ3) is 3.87. The number of hydrogen-bond donors (Lipinski definition) is 1. The molecular weight excluding hydrogens is 270 g/mol. The molecule has 0 atom stereocenters.